The molecule has 2 unspecified atom stereocenters. The van der Waals surface area contributed by atoms with Gasteiger partial charge in [0.1, 0.15) is 5.60 Å². The summed E-state index contributed by atoms with van der Waals surface area (Å²) in [6, 6.07) is 9.39. The summed E-state index contributed by atoms with van der Waals surface area (Å²) in [6.45, 7) is 6.40. The molecule has 2 fully saturated rings. The van der Waals surface area contributed by atoms with Crippen LogP contribution in [0.5, 0.6) is 0 Å². The average Bonchev–Trinajstić information content (AvgIpc) is 2.59. The maximum absolute atomic E-state index is 12.7. The topological polar surface area (TPSA) is 71.9 Å². The van der Waals surface area contributed by atoms with Gasteiger partial charge < -0.3 is 14.6 Å². The highest BCUT2D eigenvalue weighted by Crippen LogP contribution is 2.42. The number of amides is 1. The molecule has 2 aliphatic heterocycles. The number of aromatic nitrogens is 1. The lowest BCUT2D eigenvalue weighted by molar-refractivity contribution is -0.141. The summed E-state index contributed by atoms with van der Waals surface area (Å²) in [6.07, 6.45) is 2.26. The lowest BCUT2D eigenvalue weighted by atomic mass is 9.77. The van der Waals surface area contributed by atoms with Gasteiger partial charge in [0.15, 0.2) is 0 Å². The molecule has 1 aromatic heterocycles. The Bertz CT molecular complexity index is 847. The molecular formula is C21H26N2O4. The highest BCUT2D eigenvalue weighted by molar-refractivity contribution is 5.79. The molecule has 6 heteroatoms. The summed E-state index contributed by atoms with van der Waals surface area (Å²) in [4.78, 5) is 18.9. The number of ether oxygens (including phenoxy) is 2. The Morgan fingerprint density at radius 2 is 1.96 bits per heavy atom. The molecular weight excluding hydrogens is 344 g/mol. The number of benzene rings is 1. The van der Waals surface area contributed by atoms with Crippen molar-refractivity contribution >= 4 is 17.0 Å². The van der Waals surface area contributed by atoms with Crippen LogP contribution in [0.1, 0.15) is 39.2 Å². The smallest absolute Gasteiger partial charge is 0.410 e. The maximum Gasteiger partial charge on any atom is 0.410 e. The summed E-state index contributed by atoms with van der Waals surface area (Å²) in [5, 5.41) is 12.5. The third-order valence-electron chi connectivity index (χ3n) is 5.30. The van der Waals surface area contributed by atoms with Gasteiger partial charge in [-0.2, -0.15) is 0 Å². The lowest BCUT2D eigenvalue weighted by Crippen LogP contribution is -2.63. The Labute approximate surface area is 159 Å². The second kappa shape index (κ2) is 6.46. The molecule has 1 amide bonds. The Morgan fingerprint density at radius 3 is 2.63 bits per heavy atom. The second-order valence-electron chi connectivity index (χ2n) is 8.58. The van der Waals surface area contributed by atoms with Crippen molar-refractivity contribution in [3.8, 4) is 0 Å². The maximum atomic E-state index is 12.7. The van der Waals surface area contributed by atoms with Crippen molar-refractivity contribution in [3.05, 3.63) is 42.1 Å². The van der Waals surface area contributed by atoms with Gasteiger partial charge in [-0.15, -0.1) is 0 Å². The van der Waals surface area contributed by atoms with Crippen molar-refractivity contribution in [1.29, 1.82) is 0 Å². The summed E-state index contributed by atoms with van der Waals surface area (Å²) in [7, 11) is 0. The molecule has 2 atom stereocenters. The number of morpholine rings is 1. The van der Waals surface area contributed by atoms with Crippen molar-refractivity contribution < 1.29 is 19.4 Å². The molecule has 1 aromatic carbocycles. The Kier molecular flexibility index (Phi) is 4.35. The zero-order valence-corrected chi connectivity index (χ0v) is 16.0. The van der Waals surface area contributed by atoms with E-state index in [0.29, 0.717) is 26.1 Å². The summed E-state index contributed by atoms with van der Waals surface area (Å²) in [5.74, 6) is 0. The van der Waals surface area contributed by atoms with Crippen LogP contribution < -0.4 is 0 Å². The van der Waals surface area contributed by atoms with Gasteiger partial charge in [-0.25, -0.2) is 4.79 Å². The van der Waals surface area contributed by atoms with Crippen molar-refractivity contribution in [1.82, 2.24) is 9.88 Å². The molecule has 3 heterocycles. The second-order valence-corrected chi connectivity index (χ2v) is 8.58. The zero-order valence-electron chi connectivity index (χ0n) is 16.0. The lowest BCUT2D eigenvalue weighted by Gasteiger charge is -2.51. The number of piperidine rings is 1. The molecule has 2 saturated heterocycles. The van der Waals surface area contributed by atoms with Gasteiger partial charge in [0, 0.05) is 24.4 Å². The first kappa shape index (κ1) is 18.2. The van der Waals surface area contributed by atoms with Crippen LogP contribution in [0.2, 0.25) is 0 Å². The Balaban J connectivity index is 1.62. The molecule has 0 aliphatic carbocycles. The standard InChI is InChI=1S/C21H26N2O4/c1-20(2,3)27-19(24)23-16-10-21(25,11-17(23)13-26-12-16)15-7-6-14-5-4-8-22-18(14)9-15/h4-9,16-17,25H,10-13H2,1-3H3. The van der Waals surface area contributed by atoms with Crippen molar-refractivity contribution in [2.45, 2.75) is 56.9 Å². The third kappa shape index (κ3) is 3.51. The first-order chi connectivity index (χ1) is 12.8. The zero-order chi connectivity index (χ0) is 19.2. The summed E-state index contributed by atoms with van der Waals surface area (Å²) < 4.78 is 11.3. The quantitative estimate of drug-likeness (QED) is 0.834. The normalized spacial score (nSPS) is 28.2. The highest BCUT2D eigenvalue weighted by Gasteiger charge is 2.49. The molecule has 4 rings (SSSR count). The predicted octanol–water partition coefficient (Wildman–Crippen LogP) is 3.22. The molecule has 2 aromatic rings. The van der Waals surface area contributed by atoms with E-state index in [1.165, 1.54) is 0 Å². The first-order valence-corrected chi connectivity index (χ1v) is 9.42. The minimum atomic E-state index is -1.01. The van der Waals surface area contributed by atoms with Gasteiger partial charge in [-0.05, 0) is 38.5 Å². The molecule has 2 aliphatic rings. The van der Waals surface area contributed by atoms with Gasteiger partial charge in [-0.1, -0.05) is 18.2 Å². The van der Waals surface area contributed by atoms with Crippen LogP contribution in [0, 0.1) is 0 Å². The van der Waals surface area contributed by atoms with Crippen LogP contribution in [-0.4, -0.2) is 52.0 Å². The largest absolute Gasteiger partial charge is 0.444 e. The van der Waals surface area contributed by atoms with E-state index in [1.807, 2.05) is 51.1 Å². The summed E-state index contributed by atoms with van der Waals surface area (Å²) >= 11 is 0. The van der Waals surface area contributed by atoms with E-state index in [-0.39, 0.29) is 18.2 Å². The average molecular weight is 370 g/mol. The van der Waals surface area contributed by atoms with E-state index in [1.54, 1.807) is 11.1 Å². The fourth-order valence-electron chi connectivity index (χ4n) is 4.18. The van der Waals surface area contributed by atoms with Crippen LogP contribution in [-0.2, 0) is 15.1 Å². The summed E-state index contributed by atoms with van der Waals surface area (Å²) in [5.41, 5.74) is 0.140. The van der Waals surface area contributed by atoms with E-state index >= 15 is 0 Å². The molecule has 144 valence electrons. The third-order valence-corrected chi connectivity index (χ3v) is 5.30. The molecule has 0 saturated carbocycles. The van der Waals surface area contributed by atoms with Crippen LogP contribution >= 0.6 is 0 Å². The van der Waals surface area contributed by atoms with Crippen LogP contribution in [0.15, 0.2) is 36.5 Å². The Hall–Kier alpha value is -2.18. The molecule has 27 heavy (non-hydrogen) atoms. The number of nitrogens with zero attached hydrogens (tertiary/aromatic N) is 2. The fraction of sp³-hybridized carbons (Fsp3) is 0.524. The van der Waals surface area contributed by atoms with Crippen LogP contribution in [0.4, 0.5) is 4.79 Å². The van der Waals surface area contributed by atoms with Gasteiger partial charge >= 0.3 is 6.09 Å². The van der Waals surface area contributed by atoms with Gasteiger partial charge in [0.25, 0.3) is 0 Å². The van der Waals surface area contributed by atoms with E-state index in [4.69, 9.17) is 9.47 Å². The number of pyridine rings is 1. The fourth-order valence-corrected chi connectivity index (χ4v) is 4.18. The number of hydrogen-bond acceptors (Lipinski definition) is 5. The van der Waals surface area contributed by atoms with E-state index < -0.39 is 11.2 Å². The molecule has 0 radical (unpaired) electrons. The predicted molar refractivity (Wildman–Crippen MR) is 101 cm³/mol. The van der Waals surface area contributed by atoms with Crippen molar-refractivity contribution in [2.24, 2.45) is 0 Å². The first-order valence-electron chi connectivity index (χ1n) is 9.42. The van der Waals surface area contributed by atoms with E-state index in [2.05, 4.69) is 4.98 Å². The van der Waals surface area contributed by atoms with Crippen LogP contribution in [0.25, 0.3) is 10.9 Å². The number of rotatable bonds is 1. The minimum Gasteiger partial charge on any atom is -0.444 e. The minimum absolute atomic E-state index is 0.211. The van der Waals surface area contributed by atoms with E-state index in [9.17, 15) is 9.90 Å². The molecule has 2 bridgehead atoms. The monoisotopic (exact) mass is 370 g/mol. The van der Waals surface area contributed by atoms with Crippen molar-refractivity contribution in [2.75, 3.05) is 13.2 Å². The van der Waals surface area contributed by atoms with Crippen LogP contribution in [0.3, 0.4) is 0 Å². The number of carbonyl (C=O) groups is 1. The van der Waals surface area contributed by atoms with Crippen molar-refractivity contribution in [3.63, 3.8) is 0 Å². The number of carbonyl (C=O) groups excluding carboxylic acids is 1. The molecule has 0 spiro atoms. The van der Waals surface area contributed by atoms with Gasteiger partial charge in [0.2, 0.25) is 0 Å². The van der Waals surface area contributed by atoms with E-state index in [0.717, 1.165) is 16.5 Å². The molecule has 6 nitrogen and oxygen atoms in total. The SMILES string of the molecule is CC(C)(C)OC(=O)N1C2COCC1CC(O)(c1ccc3cccnc3c1)C2. The number of fused-ring (bicyclic) bond motifs is 3. The Morgan fingerprint density at radius 1 is 1.26 bits per heavy atom. The highest BCUT2D eigenvalue weighted by atomic mass is 16.6. The van der Waals surface area contributed by atoms with Gasteiger partial charge in [0.05, 0.1) is 36.4 Å². The number of aliphatic hydroxyl groups is 1. The molecule has 1 N–H and O–H groups in total. The number of hydrogen-bond donors (Lipinski definition) is 1. The van der Waals surface area contributed by atoms with Gasteiger partial charge in [-0.3, -0.25) is 9.88 Å².